The third-order valence-corrected chi connectivity index (χ3v) is 3.79. The lowest BCUT2D eigenvalue weighted by Crippen LogP contribution is -2.28. The molecule has 2 nitrogen and oxygen atoms in total. The molecule has 1 aliphatic heterocycles. The van der Waals surface area contributed by atoms with Crippen LogP contribution >= 0.6 is 0 Å². The van der Waals surface area contributed by atoms with Crippen LogP contribution in [0.4, 0.5) is 8.78 Å². The fourth-order valence-electron chi connectivity index (χ4n) is 2.63. The van der Waals surface area contributed by atoms with E-state index in [0.717, 1.165) is 25.9 Å². The van der Waals surface area contributed by atoms with Gasteiger partial charge in [-0.2, -0.15) is 0 Å². The molecule has 0 spiro atoms. The van der Waals surface area contributed by atoms with Gasteiger partial charge in [0.05, 0.1) is 6.10 Å². The van der Waals surface area contributed by atoms with Crippen molar-refractivity contribution in [1.82, 2.24) is 5.32 Å². The summed E-state index contributed by atoms with van der Waals surface area (Å²) >= 11 is 0. The summed E-state index contributed by atoms with van der Waals surface area (Å²) < 4.78 is 33.7. The van der Waals surface area contributed by atoms with Gasteiger partial charge < -0.3 is 10.1 Å². The molecule has 1 fully saturated rings. The molecule has 2 unspecified atom stereocenters. The molecule has 1 saturated heterocycles. The molecule has 19 heavy (non-hydrogen) atoms. The lowest BCUT2D eigenvalue weighted by molar-refractivity contribution is 0.00509. The fraction of sp³-hybridized carbons (Fsp3) is 0.600. The summed E-state index contributed by atoms with van der Waals surface area (Å²) in [5.74, 6) is -0.937. The van der Waals surface area contributed by atoms with E-state index in [2.05, 4.69) is 5.32 Å². The first-order chi connectivity index (χ1) is 9.13. The van der Waals surface area contributed by atoms with Gasteiger partial charge in [-0.05, 0) is 51.3 Å². The summed E-state index contributed by atoms with van der Waals surface area (Å²) in [5.41, 5.74) is 0.609. The van der Waals surface area contributed by atoms with Crippen LogP contribution in [0.1, 0.15) is 42.9 Å². The van der Waals surface area contributed by atoms with Crippen LogP contribution in [-0.4, -0.2) is 19.8 Å². The van der Waals surface area contributed by atoms with Crippen molar-refractivity contribution in [3.05, 3.63) is 34.9 Å². The first kappa shape index (κ1) is 14.4. The SMILES string of the molecule is CNC(CC1CCCCO1)c1c(F)ccc(C)c1F. The summed E-state index contributed by atoms with van der Waals surface area (Å²) in [6, 6.07) is 2.46. The minimum atomic E-state index is -0.488. The van der Waals surface area contributed by atoms with Gasteiger partial charge in [-0.25, -0.2) is 8.78 Å². The van der Waals surface area contributed by atoms with Crippen molar-refractivity contribution >= 4 is 0 Å². The Bertz CT molecular complexity index is 430. The number of benzene rings is 1. The third-order valence-electron chi connectivity index (χ3n) is 3.79. The van der Waals surface area contributed by atoms with Crippen LogP contribution in [0.15, 0.2) is 12.1 Å². The van der Waals surface area contributed by atoms with Gasteiger partial charge in [0.25, 0.3) is 0 Å². The molecule has 0 saturated carbocycles. The van der Waals surface area contributed by atoms with E-state index in [0.29, 0.717) is 12.0 Å². The number of hydrogen-bond donors (Lipinski definition) is 1. The highest BCUT2D eigenvalue weighted by molar-refractivity contribution is 5.29. The number of rotatable bonds is 4. The van der Waals surface area contributed by atoms with Crippen LogP contribution in [0.3, 0.4) is 0 Å². The molecular weight excluding hydrogens is 248 g/mol. The maximum atomic E-state index is 14.1. The van der Waals surface area contributed by atoms with E-state index in [1.807, 2.05) is 0 Å². The van der Waals surface area contributed by atoms with Gasteiger partial charge in [0.1, 0.15) is 11.6 Å². The highest BCUT2D eigenvalue weighted by atomic mass is 19.1. The fourth-order valence-corrected chi connectivity index (χ4v) is 2.63. The standard InChI is InChI=1S/C15H21F2NO/c1-10-6-7-12(16)14(15(10)17)13(18-2)9-11-5-3-4-8-19-11/h6-7,11,13,18H,3-5,8-9H2,1-2H3. The minimum absolute atomic E-state index is 0.0884. The van der Waals surface area contributed by atoms with E-state index in [1.54, 1.807) is 14.0 Å². The van der Waals surface area contributed by atoms with E-state index in [1.165, 1.54) is 12.1 Å². The Labute approximate surface area is 113 Å². The van der Waals surface area contributed by atoms with Crippen LogP contribution < -0.4 is 5.32 Å². The molecule has 1 aliphatic rings. The molecule has 0 aromatic heterocycles. The number of hydrogen-bond acceptors (Lipinski definition) is 2. The van der Waals surface area contributed by atoms with Crippen molar-refractivity contribution < 1.29 is 13.5 Å². The van der Waals surface area contributed by atoms with Gasteiger partial charge in [-0.3, -0.25) is 0 Å². The average Bonchev–Trinajstić information content (AvgIpc) is 2.43. The van der Waals surface area contributed by atoms with Crippen molar-refractivity contribution in [3.63, 3.8) is 0 Å². The predicted octanol–water partition coefficient (Wildman–Crippen LogP) is 3.49. The number of halogens is 2. The second-order valence-corrected chi connectivity index (χ2v) is 5.16. The first-order valence-electron chi connectivity index (χ1n) is 6.87. The van der Waals surface area contributed by atoms with Crippen molar-refractivity contribution in [1.29, 1.82) is 0 Å². The topological polar surface area (TPSA) is 21.3 Å². The van der Waals surface area contributed by atoms with Gasteiger partial charge in [-0.1, -0.05) is 6.07 Å². The molecule has 106 valence electrons. The Morgan fingerprint density at radius 3 is 2.79 bits per heavy atom. The van der Waals surface area contributed by atoms with Crippen molar-refractivity contribution in [2.24, 2.45) is 0 Å². The maximum absolute atomic E-state index is 14.1. The molecule has 1 aromatic rings. The molecular formula is C15H21F2NO. The summed E-state index contributed by atoms with van der Waals surface area (Å²) in [4.78, 5) is 0. The second-order valence-electron chi connectivity index (χ2n) is 5.16. The molecule has 0 aliphatic carbocycles. The Hall–Kier alpha value is -1.00. The maximum Gasteiger partial charge on any atom is 0.133 e. The zero-order valence-electron chi connectivity index (χ0n) is 11.5. The summed E-state index contributed by atoms with van der Waals surface area (Å²) in [6.07, 6.45) is 3.86. The smallest absolute Gasteiger partial charge is 0.133 e. The van der Waals surface area contributed by atoms with Crippen LogP contribution in [0, 0.1) is 18.6 Å². The van der Waals surface area contributed by atoms with E-state index < -0.39 is 11.6 Å². The Balaban J connectivity index is 2.19. The van der Waals surface area contributed by atoms with Crippen molar-refractivity contribution in [3.8, 4) is 0 Å². The average molecular weight is 269 g/mol. The van der Waals surface area contributed by atoms with Gasteiger partial charge >= 0.3 is 0 Å². The summed E-state index contributed by atoms with van der Waals surface area (Å²) in [7, 11) is 1.73. The zero-order valence-corrected chi connectivity index (χ0v) is 11.5. The summed E-state index contributed by atoms with van der Waals surface area (Å²) in [6.45, 7) is 2.40. The van der Waals surface area contributed by atoms with Gasteiger partial charge in [0, 0.05) is 18.2 Å². The van der Waals surface area contributed by atoms with E-state index in [9.17, 15) is 8.78 Å². The predicted molar refractivity (Wildman–Crippen MR) is 71.1 cm³/mol. The Morgan fingerprint density at radius 2 is 2.16 bits per heavy atom. The van der Waals surface area contributed by atoms with Crippen LogP contribution in [0.5, 0.6) is 0 Å². The molecule has 1 heterocycles. The van der Waals surface area contributed by atoms with Crippen LogP contribution in [-0.2, 0) is 4.74 Å². The number of ether oxygens (including phenoxy) is 1. The summed E-state index contributed by atoms with van der Waals surface area (Å²) in [5, 5.41) is 3.01. The molecule has 2 atom stereocenters. The normalized spacial score (nSPS) is 21.4. The zero-order chi connectivity index (χ0) is 13.8. The van der Waals surface area contributed by atoms with Crippen molar-refractivity contribution in [2.75, 3.05) is 13.7 Å². The molecule has 0 radical (unpaired) electrons. The van der Waals surface area contributed by atoms with Gasteiger partial charge in [-0.15, -0.1) is 0 Å². The largest absolute Gasteiger partial charge is 0.378 e. The van der Waals surface area contributed by atoms with Crippen LogP contribution in [0.2, 0.25) is 0 Å². The molecule has 4 heteroatoms. The molecule has 2 rings (SSSR count). The quantitative estimate of drug-likeness (QED) is 0.903. The van der Waals surface area contributed by atoms with E-state index in [4.69, 9.17) is 4.74 Å². The van der Waals surface area contributed by atoms with E-state index in [-0.39, 0.29) is 17.7 Å². The third kappa shape index (κ3) is 3.31. The second kappa shape index (κ2) is 6.44. The number of nitrogens with one attached hydrogen (secondary N) is 1. The molecule has 1 aromatic carbocycles. The Morgan fingerprint density at radius 1 is 1.37 bits per heavy atom. The monoisotopic (exact) mass is 269 g/mol. The molecule has 1 N–H and O–H groups in total. The highest BCUT2D eigenvalue weighted by Crippen LogP contribution is 2.29. The van der Waals surface area contributed by atoms with Gasteiger partial charge in [0.15, 0.2) is 0 Å². The first-order valence-corrected chi connectivity index (χ1v) is 6.87. The molecule has 0 amide bonds. The number of aryl methyl sites for hydroxylation is 1. The minimum Gasteiger partial charge on any atom is -0.378 e. The lowest BCUT2D eigenvalue weighted by atomic mass is 9.95. The highest BCUT2D eigenvalue weighted by Gasteiger charge is 2.25. The lowest BCUT2D eigenvalue weighted by Gasteiger charge is -2.27. The van der Waals surface area contributed by atoms with Crippen molar-refractivity contribution in [2.45, 2.75) is 44.8 Å². The Kier molecular flexibility index (Phi) is 4.88. The van der Waals surface area contributed by atoms with Gasteiger partial charge in [0.2, 0.25) is 0 Å². The molecule has 0 bridgehead atoms. The van der Waals surface area contributed by atoms with Crippen LogP contribution in [0.25, 0.3) is 0 Å². The van der Waals surface area contributed by atoms with E-state index >= 15 is 0 Å².